The molecule has 1 aliphatic heterocycles. The van der Waals surface area contributed by atoms with Crippen molar-refractivity contribution in [2.75, 3.05) is 19.6 Å². The molecule has 4 aromatic rings. The van der Waals surface area contributed by atoms with Crippen LogP contribution in [0.5, 0.6) is 0 Å². The number of hydrogen-bond donors (Lipinski definition) is 3. The summed E-state index contributed by atoms with van der Waals surface area (Å²) in [5.41, 5.74) is 4.12. The minimum absolute atomic E-state index is 0.0448. The molecule has 2 heterocycles. The molecule has 2 atom stereocenters. The highest BCUT2D eigenvalue weighted by atomic mass is 35.5. The molecule has 1 saturated heterocycles. The third kappa shape index (κ3) is 7.93. The second kappa shape index (κ2) is 13.9. The number of aromatic amines is 1. The molecule has 41 heavy (non-hydrogen) atoms. The molecule has 1 aromatic heterocycles. The van der Waals surface area contributed by atoms with Crippen molar-refractivity contribution in [1.82, 2.24) is 25.5 Å². The van der Waals surface area contributed by atoms with Gasteiger partial charge in [-0.15, -0.1) is 0 Å². The second-order valence-electron chi connectivity index (χ2n) is 10.3. The maximum Gasteiger partial charge on any atom is 0.244 e. The first kappa shape index (κ1) is 28.3. The Bertz CT molecular complexity index is 1390. The molecule has 210 valence electrons. The van der Waals surface area contributed by atoms with Crippen LogP contribution in [-0.2, 0) is 16.0 Å². The fourth-order valence-corrected chi connectivity index (χ4v) is 5.33. The van der Waals surface area contributed by atoms with Crippen molar-refractivity contribution in [3.8, 4) is 0 Å². The number of rotatable bonds is 10. The molecule has 0 saturated carbocycles. The van der Waals surface area contributed by atoms with Crippen molar-refractivity contribution in [2.45, 2.75) is 30.8 Å². The van der Waals surface area contributed by atoms with Crippen LogP contribution < -0.4 is 10.6 Å². The monoisotopic (exact) mass is 567 g/mol. The average Bonchev–Trinajstić information content (AvgIpc) is 3.47. The van der Waals surface area contributed by atoms with Crippen molar-refractivity contribution < 1.29 is 9.59 Å². The second-order valence-corrected chi connectivity index (χ2v) is 10.7. The van der Waals surface area contributed by atoms with Crippen LogP contribution in [0.2, 0.25) is 5.02 Å². The Labute approximate surface area is 245 Å². The number of halogens is 1. The predicted molar refractivity (Wildman–Crippen MR) is 162 cm³/mol. The fourth-order valence-electron chi connectivity index (χ4n) is 5.21. The quantitative estimate of drug-likeness (QED) is 0.240. The molecule has 0 aliphatic carbocycles. The van der Waals surface area contributed by atoms with Gasteiger partial charge in [0.05, 0.1) is 12.4 Å². The van der Waals surface area contributed by atoms with Crippen LogP contribution in [0, 0.1) is 0 Å². The first-order valence-electron chi connectivity index (χ1n) is 13.9. The van der Waals surface area contributed by atoms with Gasteiger partial charge in [-0.1, -0.05) is 84.4 Å². The van der Waals surface area contributed by atoms with E-state index in [1.165, 1.54) is 17.2 Å². The number of benzene rings is 3. The minimum atomic E-state index is -0.448. The zero-order valence-electron chi connectivity index (χ0n) is 22.7. The molecule has 8 heteroatoms. The summed E-state index contributed by atoms with van der Waals surface area (Å²) in [6.45, 7) is 1.56. The third-order valence-electron chi connectivity index (χ3n) is 7.40. The summed E-state index contributed by atoms with van der Waals surface area (Å²) in [6.07, 6.45) is 7.84. The van der Waals surface area contributed by atoms with Gasteiger partial charge < -0.3 is 20.5 Å². The summed E-state index contributed by atoms with van der Waals surface area (Å²) >= 11 is 5.95. The van der Waals surface area contributed by atoms with Gasteiger partial charge in [0.2, 0.25) is 11.8 Å². The van der Waals surface area contributed by atoms with Crippen LogP contribution >= 0.6 is 11.6 Å². The van der Waals surface area contributed by atoms with E-state index in [4.69, 9.17) is 11.6 Å². The summed E-state index contributed by atoms with van der Waals surface area (Å²) in [5, 5.41) is 7.18. The summed E-state index contributed by atoms with van der Waals surface area (Å²) < 4.78 is 0. The number of carbonyl (C=O) groups is 2. The van der Waals surface area contributed by atoms with E-state index < -0.39 is 6.04 Å². The number of imidazole rings is 1. The number of carbonyl (C=O) groups excluding carboxylic acids is 2. The first-order chi connectivity index (χ1) is 20.0. The number of nitrogens with zero attached hydrogens (tertiary/aromatic N) is 2. The molecule has 7 nitrogen and oxygen atoms in total. The van der Waals surface area contributed by atoms with Crippen molar-refractivity contribution in [3.05, 3.63) is 131 Å². The molecule has 0 spiro atoms. The molecular formula is C33H34ClN5O2. The molecule has 1 aliphatic rings. The molecule has 2 amide bonds. The molecule has 1 fully saturated rings. The Morgan fingerprint density at radius 3 is 2.34 bits per heavy atom. The zero-order valence-corrected chi connectivity index (χ0v) is 23.5. The Hall–Kier alpha value is -4.20. The van der Waals surface area contributed by atoms with Crippen LogP contribution in [-0.4, -0.2) is 58.4 Å². The molecule has 2 unspecified atom stereocenters. The van der Waals surface area contributed by atoms with Gasteiger partial charge in [0.15, 0.2) is 0 Å². The van der Waals surface area contributed by atoms with Gasteiger partial charge in [0, 0.05) is 61.0 Å². The van der Waals surface area contributed by atoms with E-state index in [1.54, 1.807) is 30.7 Å². The Balaban J connectivity index is 1.30. The molecular weight excluding hydrogens is 534 g/mol. The lowest BCUT2D eigenvalue weighted by Gasteiger charge is -2.29. The Morgan fingerprint density at radius 1 is 1.02 bits per heavy atom. The van der Waals surface area contributed by atoms with E-state index in [1.807, 2.05) is 53.4 Å². The minimum Gasteiger partial charge on any atom is -0.351 e. The van der Waals surface area contributed by atoms with Crippen LogP contribution in [0.15, 0.2) is 104 Å². The molecule has 5 rings (SSSR count). The first-order valence-corrected chi connectivity index (χ1v) is 14.3. The van der Waals surface area contributed by atoms with Gasteiger partial charge in [0.25, 0.3) is 0 Å². The maximum absolute atomic E-state index is 14.0. The Kier molecular flexibility index (Phi) is 9.62. The number of aromatic nitrogens is 2. The number of nitrogens with one attached hydrogen (secondary N) is 3. The van der Waals surface area contributed by atoms with Gasteiger partial charge in [-0.25, -0.2) is 4.98 Å². The highest BCUT2D eigenvalue weighted by molar-refractivity contribution is 6.30. The van der Waals surface area contributed by atoms with Crippen molar-refractivity contribution >= 4 is 29.5 Å². The van der Waals surface area contributed by atoms with Crippen LogP contribution in [0.3, 0.4) is 0 Å². The van der Waals surface area contributed by atoms with Crippen LogP contribution in [0.25, 0.3) is 6.08 Å². The zero-order chi connectivity index (χ0) is 28.4. The van der Waals surface area contributed by atoms with Crippen molar-refractivity contribution in [1.29, 1.82) is 0 Å². The largest absolute Gasteiger partial charge is 0.351 e. The summed E-state index contributed by atoms with van der Waals surface area (Å²) in [4.78, 5) is 35.8. The van der Waals surface area contributed by atoms with E-state index in [-0.39, 0.29) is 23.8 Å². The van der Waals surface area contributed by atoms with E-state index >= 15 is 0 Å². The van der Waals surface area contributed by atoms with E-state index in [0.717, 1.165) is 11.3 Å². The van der Waals surface area contributed by atoms with E-state index in [9.17, 15) is 9.59 Å². The lowest BCUT2D eigenvalue weighted by Crippen LogP contribution is -2.50. The highest BCUT2D eigenvalue weighted by Crippen LogP contribution is 2.27. The van der Waals surface area contributed by atoms with Gasteiger partial charge >= 0.3 is 0 Å². The molecule has 3 N–H and O–H groups in total. The summed E-state index contributed by atoms with van der Waals surface area (Å²) in [6, 6.07) is 27.4. The predicted octanol–water partition coefficient (Wildman–Crippen LogP) is 4.83. The lowest BCUT2D eigenvalue weighted by molar-refractivity contribution is -0.132. The van der Waals surface area contributed by atoms with Gasteiger partial charge in [-0.3, -0.25) is 9.59 Å². The van der Waals surface area contributed by atoms with Gasteiger partial charge in [-0.2, -0.15) is 0 Å². The molecule has 3 aromatic carbocycles. The topological polar surface area (TPSA) is 90.1 Å². The number of amides is 2. The number of H-pyrrole nitrogens is 1. The standard InChI is InChI=1S/C33H34ClN5O2/c34-27-14-11-24(12-15-27)13-16-32(40)36-21-28-17-18-39(33(41)31(38-28)19-29-20-35-23-37-29)22-30(25-7-3-1-4-8-25)26-9-5-2-6-10-26/h1-16,20,23,28,30-31,38H,17-19,21-22H2,(H,35,37)(H,36,40)/b16-13+. The third-order valence-corrected chi connectivity index (χ3v) is 7.65. The van der Waals surface area contributed by atoms with Gasteiger partial charge in [0.1, 0.15) is 0 Å². The fraction of sp³-hybridized carbons (Fsp3) is 0.242. The van der Waals surface area contributed by atoms with Crippen molar-refractivity contribution in [3.63, 3.8) is 0 Å². The number of hydrogen-bond acceptors (Lipinski definition) is 4. The summed E-state index contributed by atoms with van der Waals surface area (Å²) in [7, 11) is 0. The highest BCUT2D eigenvalue weighted by Gasteiger charge is 2.33. The summed E-state index contributed by atoms with van der Waals surface area (Å²) in [5.74, 6) is -0.0937. The van der Waals surface area contributed by atoms with Crippen LogP contribution in [0.1, 0.15) is 34.7 Å². The van der Waals surface area contributed by atoms with E-state index in [2.05, 4.69) is 44.9 Å². The van der Waals surface area contributed by atoms with Crippen molar-refractivity contribution in [2.24, 2.45) is 0 Å². The lowest BCUT2D eigenvalue weighted by atomic mass is 9.90. The normalized spacial score (nSPS) is 17.6. The maximum atomic E-state index is 14.0. The average molecular weight is 568 g/mol. The van der Waals surface area contributed by atoms with Gasteiger partial charge in [-0.05, 0) is 41.3 Å². The SMILES string of the molecule is O=C(/C=C/c1ccc(Cl)cc1)NCC1CCN(CC(c2ccccc2)c2ccccc2)C(=O)C(Cc2cnc[nH]2)N1. The molecule has 0 radical (unpaired) electrons. The Morgan fingerprint density at radius 2 is 1.71 bits per heavy atom. The smallest absolute Gasteiger partial charge is 0.244 e. The molecule has 0 bridgehead atoms. The van der Waals surface area contributed by atoms with Crippen LogP contribution in [0.4, 0.5) is 0 Å². The van der Waals surface area contributed by atoms with E-state index in [0.29, 0.717) is 37.5 Å².